The van der Waals surface area contributed by atoms with Crippen molar-refractivity contribution in [3.63, 3.8) is 0 Å². The van der Waals surface area contributed by atoms with Crippen LogP contribution >= 0.6 is 11.3 Å². The predicted molar refractivity (Wildman–Crippen MR) is 113 cm³/mol. The number of nitrogens with one attached hydrogen (secondary N) is 1. The number of thiazole rings is 1. The number of hydrogen-bond donors (Lipinski definition) is 1. The molecule has 2 aromatic carbocycles. The van der Waals surface area contributed by atoms with Gasteiger partial charge in [-0.1, -0.05) is 29.8 Å². The molecule has 0 radical (unpaired) electrons. The van der Waals surface area contributed by atoms with Crippen LogP contribution in [0.2, 0.25) is 0 Å². The van der Waals surface area contributed by atoms with Gasteiger partial charge in [0, 0.05) is 11.5 Å². The Kier molecular flexibility index (Phi) is 6.76. The Morgan fingerprint density at radius 1 is 1.10 bits per heavy atom. The maximum atomic E-state index is 12.2. The molecule has 3 aromatic rings. The maximum Gasteiger partial charge on any atom is 0.331 e. The van der Waals surface area contributed by atoms with Crippen molar-refractivity contribution in [1.29, 1.82) is 0 Å². The van der Waals surface area contributed by atoms with Crippen LogP contribution in [0.4, 0.5) is 5.69 Å². The summed E-state index contributed by atoms with van der Waals surface area (Å²) in [4.78, 5) is 28.2. The van der Waals surface area contributed by atoms with Crippen LogP contribution in [0.5, 0.6) is 11.5 Å². The van der Waals surface area contributed by atoms with Gasteiger partial charge in [0.25, 0.3) is 5.91 Å². The van der Waals surface area contributed by atoms with E-state index < -0.39 is 18.5 Å². The first-order valence-electron chi connectivity index (χ1n) is 8.90. The minimum Gasteiger partial charge on any atom is -0.455 e. The molecular weight excluding hydrogens is 388 g/mol. The molecule has 0 saturated heterocycles. The molecule has 0 fully saturated rings. The second-order valence-electron chi connectivity index (χ2n) is 6.19. The molecule has 0 bridgehead atoms. The molecule has 7 heteroatoms. The van der Waals surface area contributed by atoms with E-state index in [2.05, 4.69) is 10.3 Å². The number of hydrogen-bond acceptors (Lipinski definition) is 6. The monoisotopic (exact) mass is 408 g/mol. The van der Waals surface area contributed by atoms with Crippen molar-refractivity contribution in [2.45, 2.75) is 13.8 Å². The Bertz CT molecular complexity index is 1030. The van der Waals surface area contributed by atoms with E-state index in [-0.39, 0.29) is 0 Å². The van der Waals surface area contributed by atoms with E-state index in [1.807, 2.05) is 49.6 Å². The van der Waals surface area contributed by atoms with Crippen molar-refractivity contribution in [3.05, 3.63) is 76.3 Å². The lowest BCUT2D eigenvalue weighted by atomic mass is 10.2. The summed E-state index contributed by atoms with van der Waals surface area (Å²) in [5.41, 5.74) is 2.29. The van der Waals surface area contributed by atoms with Gasteiger partial charge < -0.3 is 14.8 Å². The van der Waals surface area contributed by atoms with E-state index in [0.29, 0.717) is 22.9 Å². The van der Waals surface area contributed by atoms with Crippen LogP contribution in [0.15, 0.2) is 60.0 Å². The van der Waals surface area contributed by atoms with E-state index in [4.69, 9.17) is 9.47 Å². The van der Waals surface area contributed by atoms with E-state index in [1.54, 1.807) is 24.3 Å². The number of amides is 1. The van der Waals surface area contributed by atoms with Gasteiger partial charge in [0.15, 0.2) is 12.4 Å². The highest BCUT2D eigenvalue weighted by molar-refractivity contribution is 7.09. The van der Waals surface area contributed by atoms with Gasteiger partial charge in [-0.2, -0.15) is 0 Å². The van der Waals surface area contributed by atoms with Crippen LogP contribution in [0.1, 0.15) is 16.3 Å². The quantitative estimate of drug-likeness (QED) is 0.451. The number of nitrogens with zero attached hydrogens (tertiary/aromatic N) is 1. The van der Waals surface area contributed by atoms with Crippen LogP contribution in [0.25, 0.3) is 6.08 Å². The van der Waals surface area contributed by atoms with Crippen LogP contribution in [-0.4, -0.2) is 23.5 Å². The highest BCUT2D eigenvalue weighted by Crippen LogP contribution is 2.29. The zero-order valence-electron chi connectivity index (χ0n) is 16.0. The van der Waals surface area contributed by atoms with Gasteiger partial charge in [-0.25, -0.2) is 9.78 Å². The molecule has 0 aliphatic heterocycles. The Hall–Kier alpha value is -3.45. The summed E-state index contributed by atoms with van der Waals surface area (Å²) in [7, 11) is 0. The lowest BCUT2D eigenvalue weighted by molar-refractivity contribution is -0.142. The molecule has 0 saturated carbocycles. The zero-order chi connectivity index (χ0) is 20.6. The minimum absolute atomic E-state index is 0.405. The van der Waals surface area contributed by atoms with Crippen molar-refractivity contribution in [2.24, 2.45) is 0 Å². The minimum atomic E-state index is -0.616. The summed E-state index contributed by atoms with van der Waals surface area (Å²) in [6.45, 7) is 3.47. The van der Waals surface area contributed by atoms with Crippen LogP contribution in [0.3, 0.4) is 0 Å². The SMILES string of the molecule is Cc1ccc(Oc2ccccc2NC(=O)COC(=O)/C=C/c2csc(C)n2)cc1. The van der Waals surface area contributed by atoms with Crippen LogP contribution in [-0.2, 0) is 14.3 Å². The molecule has 1 aromatic heterocycles. The number of ether oxygens (including phenoxy) is 2. The zero-order valence-corrected chi connectivity index (χ0v) is 16.9. The van der Waals surface area contributed by atoms with Crippen molar-refractivity contribution in [2.75, 3.05) is 11.9 Å². The summed E-state index contributed by atoms with van der Waals surface area (Å²) < 4.78 is 10.8. The summed E-state index contributed by atoms with van der Waals surface area (Å²) in [5.74, 6) is 0.0761. The number of aryl methyl sites for hydroxylation is 2. The van der Waals surface area contributed by atoms with Crippen molar-refractivity contribution >= 4 is 35.0 Å². The van der Waals surface area contributed by atoms with E-state index in [0.717, 1.165) is 10.6 Å². The third-order valence-electron chi connectivity index (χ3n) is 3.78. The number of carbonyl (C=O) groups excluding carboxylic acids is 2. The number of carbonyl (C=O) groups is 2. The molecule has 6 nitrogen and oxygen atoms in total. The fourth-order valence-corrected chi connectivity index (χ4v) is 2.95. The van der Waals surface area contributed by atoms with Gasteiger partial charge in [-0.05, 0) is 44.2 Å². The third kappa shape index (κ3) is 6.29. The summed E-state index contributed by atoms with van der Waals surface area (Å²) in [6, 6.07) is 14.6. The molecule has 1 amide bonds. The van der Waals surface area contributed by atoms with Gasteiger partial charge in [-0.15, -0.1) is 11.3 Å². The van der Waals surface area contributed by atoms with Gasteiger partial charge >= 0.3 is 5.97 Å². The molecule has 3 rings (SSSR count). The van der Waals surface area contributed by atoms with E-state index in [1.165, 1.54) is 17.4 Å². The van der Waals surface area contributed by atoms with Gasteiger partial charge in [-0.3, -0.25) is 4.79 Å². The predicted octanol–water partition coefficient (Wildman–Crippen LogP) is 4.75. The number of esters is 1. The van der Waals surface area contributed by atoms with Crippen LogP contribution < -0.4 is 10.1 Å². The van der Waals surface area contributed by atoms with Crippen molar-refractivity contribution in [1.82, 2.24) is 4.98 Å². The molecule has 0 atom stereocenters. The number of para-hydroxylation sites is 2. The first-order chi connectivity index (χ1) is 14.0. The van der Waals surface area contributed by atoms with Crippen molar-refractivity contribution < 1.29 is 19.1 Å². The highest BCUT2D eigenvalue weighted by atomic mass is 32.1. The molecule has 148 valence electrons. The number of aromatic nitrogens is 1. The third-order valence-corrected chi connectivity index (χ3v) is 4.57. The first-order valence-corrected chi connectivity index (χ1v) is 9.78. The van der Waals surface area contributed by atoms with E-state index >= 15 is 0 Å². The average molecular weight is 408 g/mol. The molecule has 1 N–H and O–H groups in total. The fourth-order valence-electron chi connectivity index (χ4n) is 2.37. The largest absolute Gasteiger partial charge is 0.455 e. The Balaban J connectivity index is 1.54. The molecule has 0 aliphatic rings. The Morgan fingerprint density at radius 3 is 2.59 bits per heavy atom. The maximum absolute atomic E-state index is 12.2. The average Bonchev–Trinajstić information content (AvgIpc) is 3.13. The van der Waals surface area contributed by atoms with Crippen molar-refractivity contribution in [3.8, 4) is 11.5 Å². The topological polar surface area (TPSA) is 77.5 Å². The molecular formula is C22H20N2O4S. The van der Waals surface area contributed by atoms with E-state index in [9.17, 15) is 9.59 Å². The first kappa shape index (κ1) is 20.3. The highest BCUT2D eigenvalue weighted by Gasteiger charge is 2.10. The van der Waals surface area contributed by atoms with Crippen LogP contribution in [0, 0.1) is 13.8 Å². The summed E-state index contributed by atoms with van der Waals surface area (Å²) >= 11 is 1.49. The Labute approximate surface area is 172 Å². The lowest BCUT2D eigenvalue weighted by Gasteiger charge is -2.12. The van der Waals surface area contributed by atoms with Gasteiger partial charge in [0.2, 0.25) is 0 Å². The summed E-state index contributed by atoms with van der Waals surface area (Å²) in [5, 5.41) is 5.44. The molecule has 0 aliphatic carbocycles. The Morgan fingerprint density at radius 2 is 1.86 bits per heavy atom. The molecule has 0 unspecified atom stereocenters. The lowest BCUT2D eigenvalue weighted by Crippen LogP contribution is -2.20. The second-order valence-corrected chi connectivity index (χ2v) is 7.25. The number of rotatable bonds is 7. The van der Waals surface area contributed by atoms with Gasteiger partial charge in [0.1, 0.15) is 5.75 Å². The normalized spacial score (nSPS) is 10.7. The van der Waals surface area contributed by atoms with Gasteiger partial charge in [0.05, 0.1) is 16.4 Å². The number of anilines is 1. The number of benzene rings is 2. The second kappa shape index (κ2) is 9.66. The molecule has 1 heterocycles. The summed E-state index contributed by atoms with van der Waals surface area (Å²) in [6.07, 6.45) is 2.80. The fraction of sp³-hybridized carbons (Fsp3) is 0.136. The standard InChI is InChI=1S/C22H20N2O4S/c1-15-7-10-18(11-8-15)28-20-6-4-3-5-19(20)24-21(25)13-27-22(26)12-9-17-14-29-16(2)23-17/h3-12,14H,13H2,1-2H3,(H,24,25)/b12-9+. The smallest absolute Gasteiger partial charge is 0.331 e. The molecule has 29 heavy (non-hydrogen) atoms. The molecule has 0 spiro atoms.